The minimum atomic E-state index is -1.00. The van der Waals surface area contributed by atoms with Crippen molar-refractivity contribution < 1.29 is 24.1 Å². The lowest BCUT2D eigenvalue weighted by molar-refractivity contribution is -0.155. The third-order valence-electron chi connectivity index (χ3n) is 2.88. The van der Waals surface area contributed by atoms with Gasteiger partial charge in [-0.25, -0.2) is 4.79 Å². The van der Waals surface area contributed by atoms with Crippen LogP contribution in [0.15, 0.2) is 36.4 Å². The van der Waals surface area contributed by atoms with Gasteiger partial charge in [-0.3, -0.25) is 0 Å². The molecular formula is C16H22O5. The topological polar surface area (TPSA) is 65.0 Å². The summed E-state index contributed by atoms with van der Waals surface area (Å²) in [7, 11) is 1.55. The Balaban J connectivity index is 2.89. The van der Waals surface area contributed by atoms with Crippen LogP contribution in [0.1, 0.15) is 25.5 Å². The average Bonchev–Trinajstić information content (AvgIpc) is 2.50. The van der Waals surface area contributed by atoms with E-state index in [1.165, 1.54) is 0 Å². The maximum absolute atomic E-state index is 11.7. The molecule has 0 bridgehead atoms. The van der Waals surface area contributed by atoms with E-state index >= 15 is 0 Å². The van der Waals surface area contributed by atoms with Crippen LogP contribution in [0.5, 0.6) is 5.75 Å². The van der Waals surface area contributed by atoms with E-state index < -0.39 is 18.2 Å². The van der Waals surface area contributed by atoms with Gasteiger partial charge in [0.25, 0.3) is 0 Å². The molecule has 0 radical (unpaired) electrons. The van der Waals surface area contributed by atoms with Gasteiger partial charge in [0, 0.05) is 12.2 Å². The molecule has 1 rings (SSSR count). The number of hydrogen-bond acceptors (Lipinski definition) is 5. The van der Waals surface area contributed by atoms with Crippen molar-refractivity contribution in [3.8, 4) is 5.75 Å². The highest BCUT2D eigenvalue weighted by Gasteiger charge is 2.25. The van der Waals surface area contributed by atoms with Gasteiger partial charge in [-0.15, -0.1) is 0 Å². The highest BCUT2D eigenvalue weighted by molar-refractivity contribution is 5.87. The minimum Gasteiger partial charge on any atom is -0.497 e. The lowest BCUT2D eigenvalue weighted by Gasteiger charge is -2.23. The maximum atomic E-state index is 11.7. The molecule has 0 aliphatic carbocycles. The van der Waals surface area contributed by atoms with Crippen molar-refractivity contribution in [2.45, 2.75) is 26.1 Å². The standard InChI is InChI=1S/C16H22O5/c1-5-20-10-14(21-16(18)11(2)3)15(17)12-7-6-8-13(9-12)19-4/h6-9,14-15,17H,2,5,10H2,1,3-4H3. The molecule has 0 fully saturated rings. The van der Waals surface area contributed by atoms with Crippen molar-refractivity contribution in [2.75, 3.05) is 20.3 Å². The molecule has 2 unspecified atom stereocenters. The van der Waals surface area contributed by atoms with Gasteiger partial charge in [-0.05, 0) is 31.5 Å². The molecule has 0 aromatic heterocycles. The van der Waals surface area contributed by atoms with Gasteiger partial charge in [0.15, 0.2) is 6.10 Å². The molecule has 5 heteroatoms. The van der Waals surface area contributed by atoms with Crippen molar-refractivity contribution >= 4 is 5.97 Å². The summed E-state index contributed by atoms with van der Waals surface area (Å²) in [6.07, 6.45) is -1.81. The molecule has 0 aliphatic heterocycles. The summed E-state index contributed by atoms with van der Waals surface area (Å²) >= 11 is 0. The summed E-state index contributed by atoms with van der Waals surface area (Å²) in [4.78, 5) is 11.7. The Morgan fingerprint density at radius 2 is 2.14 bits per heavy atom. The van der Waals surface area contributed by atoms with Crippen LogP contribution in [0.3, 0.4) is 0 Å². The number of benzene rings is 1. The van der Waals surface area contributed by atoms with E-state index in [1.807, 2.05) is 6.92 Å². The number of carbonyl (C=O) groups excluding carboxylic acids is 1. The van der Waals surface area contributed by atoms with E-state index in [2.05, 4.69) is 6.58 Å². The Morgan fingerprint density at radius 3 is 2.71 bits per heavy atom. The van der Waals surface area contributed by atoms with E-state index in [4.69, 9.17) is 14.2 Å². The molecule has 0 amide bonds. The van der Waals surface area contributed by atoms with E-state index in [-0.39, 0.29) is 12.2 Å². The molecule has 1 N–H and O–H groups in total. The first-order valence-corrected chi connectivity index (χ1v) is 6.75. The lowest BCUT2D eigenvalue weighted by Crippen LogP contribution is -2.30. The van der Waals surface area contributed by atoms with Crippen LogP contribution in [0, 0.1) is 0 Å². The van der Waals surface area contributed by atoms with E-state index in [1.54, 1.807) is 38.3 Å². The summed E-state index contributed by atoms with van der Waals surface area (Å²) in [5, 5.41) is 10.4. The highest BCUT2D eigenvalue weighted by Crippen LogP contribution is 2.24. The van der Waals surface area contributed by atoms with E-state index in [9.17, 15) is 9.90 Å². The van der Waals surface area contributed by atoms with Crippen molar-refractivity contribution in [1.82, 2.24) is 0 Å². The second-order valence-electron chi connectivity index (χ2n) is 4.61. The summed E-state index contributed by atoms with van der Waals surface area (Å²) < 4.78 is 15.6. The number of hydrogen-bond donors (Lipinski definition) is 1. The first-order valence-electron chi connectivity index (χ1n) is 6.75. The first-order chi connectivity index (χ1) is 9.99. The third-order valence-corrected chi connectivity index (χ3v) is 2.88. The van der Waals surface area contributed by atoms with Crippen LogP contribution in [-0.2, 0) is 14.3 Å². The van der Waals surface area contributed by atoms with Crippen LogP contribution in [0.2, 0.25) is 0 Å². The van der Waals surface area contributed by atoms with Crippen LogP contribution in [-0.4, -0.2) is 37.5 Å². The fourth-order valence-electron chi connectivity index (χ4n) is 1.70. The highest BCUT2D eigenvalue weighted by atomic mass is 16.6. The van der Waals surface area contributed by atoms with E-state index in [0.717, 1.165) is 0 Å². The molecular weight excluding hydrogens is 272 g/mol. The quantitative estimate of drug-likeness (QED) is 0.588. The molecule has 1 aromatic rings. The van der Waals surface area contributed by atoms with Gasteiger partial charge < -0.3 is 19.3 Å². The molecule has 0 spiro atoms. The Labute approximate surface area is 125 Å². The van der Waals surface area contributed by atoms with Crippen molar-refractivity contribution in [3.05, 3.63) is 42.0 Å². The van der Waals surface area contributed by atoms with Gasteiger partial charge in [0.05, 0.1) is 13.7 Å². The molecule has 5 nitrogen and oxygen atoms in total. The lowest BCUT2D eigenvalue weighted by atomic mass is 10.0. The SMILES string of the molecule is C=C(C)C(=O)OC(COCC)C(O)c1cccc(OC)c1. The first kappa shape index (κ1) is 17.2. The number of methoxy groups -OCH3 is 1. The number of aliphatic hydroxyl groups is 1. The van der Waals surface area contributed by atoms with Crippen molar-refractivity contribution in [1.29, 1.82) is 0 Å². The van der Waals surface area contributed by atoms with Gasteiger partial charge in [-0.2, -0.15) is 0 Å². The van der Waals surface area contributed by atoms with Crippen LogP contribution in [0.25, 0.3) is 0 Å². The van der Waals surface area contributed by atoms with Crippen molar-refractivity contribution in [3.63, 3.8) is 0 Å². The zero-order valence-corrected chi connectivity index (χ0v) is 12.7. The van der Waals surface area contributed by atoms with Crippen LogP contribution in [0.4, 0.5) is 0 Å². The molecule has 2 atom stereocenters. The van der Waals surface area contributed by atoms with Crippen LogP contribution >= 0.6 is 0 Å². The summed E-state index contributed by atoms with van der Waals surface area (Å²) in [5.74, 6) is 0.0644. The normalized spacial score (nSPS) is 13.3. The smallest absolute Gasteiger partial charge is 0.333 e. The number of ether oxygens (including phenoxy) is 3. The van der Waals surface area contributed by atoms with Crippen molar-refractivity contribution in [2.24, 2.45) is 0 Å². The number of aliphatic hydroxyl groups excluding tert-OH is 1. The molecule has 0 heterocycles. The van der Waals surface area contributed by atoms with Gasteiger partial charge in [0.1, 0.15) is 11.9 Å². The fraction of sp³-hybridized carbons (Fsp3) is 0.438. The predicted molar refractivity (Wildman–Crippen MR) is 79.1 cm³/mol. The number of rotatable bonds is 8. The summed E-state index contributed by atoms with van der Waals surface area (Å²) in [6.45, 7) is 7.48. The number of carbonyl (C=O) groups is 1. The second kappa shape index (κ2) is 8.44. The molecule has 116 valence electrons. The van der Waals surface area contributed by atoms with Crippen LogP contribution < -0.4 is 4.74 Å². The Morgan fingerprint density at radius 1 is 1.43 bits per heavy atom. The van der Waals surface area contributed by atoms with Gasteiger partial charge in [-0.1, -0.05) is 18.7 Å². The molecule has 0 aliphatic rings. The average molecular weight is 294 g/mol. The largest absolute Gasteiger partial charge is 0.497 e. The maximum Gasteiger partial charge on any atom is 0.333 e. The molecule has 0 saturated heterocycles. The predicted octanol–water partition coefficient (Wildman–Crippen LogP) is 2.25. The summed E-state index contributed by atoms with van der Waals surface area (Å²) in [6, 6.07) is 6.96. The third kappa shape index (κ3) is 5.21. The molecule has 0 saturated carbocycles. The molecule has 21 heavy (non-hydrogen) atoms. The number of esters is 1. The summed E-state index contributed by atoms with van der Waals surface area (Å²) in [5.41, 5.74) is 0.864. The molecule has 1 aromatic carbocycles. The van der Waals surface area contributed by atoms with E-state index in [0.29, 0.717) is 17.9 Å². The monoisotopic (exact) mass is 294 g/mol. The Bertz CT molecular complexity index is 483. The zero-order chi connectivity index (χ0) is 15.8. The second-order valence-corrected chi connectivity index (χ2v) is 4.61. The minimum absolute atomic E-state index is 0.105. The Hall–Kier alpha value is -1.85. The Kier molecular flexibility index (Phi) is 6.91. The fourth-order valence-corrected chi connectivity index (χ4v) is 1.70. The van der Waals surface area contributed by atoms with Gasteiger partial charge >= 0.3 is 5.97 Å². The zero-order valence-electron chi connectivity index (χ0n) is 12.7. The van der Waals surface area contributed by atoms with Gasteiger partial charge in [0.2, 0.25) is 0 Å².